The summed E-state index contributed by atoms with van der Waals surface area (Å²) in [6.07, 6.45) is 1.39. The third-order valence-electron chi connectivity index (χ3n) is 6.15. The number of hydrogen-bond acceptors (Lipinski definition) is 7. The largest absolute Gasteiger partial charge is 0.378 e. The van der Waals surface area contributed by atoms with E-state index in [2.05, 4.69) is 22.2 Å². The second kappa shape index (κ2) is 9.74. The maximum atomic E-state index is 13.8. The molecule has 10 nitrogen and oxygen atoms in total. The van der Waals surface area contributed by atoms with Crippen LogP contribution >= 0.6 is 0 Å². The number of pyridine rings is 1. The molecule has 33 heavy (non-hydrogen) atoms. The van der Waals surface area contributed by atoms with Crippen molar-refractivity contribution in [1.82, 2.24) is 19.6 Å². The number of nitrogen functional groups attached to an aromatic ring is 1. The molecule has 1 aromatic heterocycles. The molecule has 1 aromatic carbocycles. The summed E-state index contributed by atoms with van der Waals surface area (Å²) in [5.41, 5.74) is 4.41. The first kappa shape index (κ1) is 23.6. The Hall–Kier alpha value is -2.57. The molecule has 0 unspecified atom stereocenters. The van der Waals surface area contributed by atoms with Gasteiger partial charge in [-0.05, 0) is 43.7 Å². The van der Waals surface area contributed by atoms with Gasteiger partial charge in [0.25, 0.3) is 5.91 Å². The molecule has 3 heterocycles. The standard InChI is InChI=1S/C22H30N6O4S/c1-16-4-3-5-20(10-16)28(13-19-7-6-18(11-24-19)22(29)25-23)33(30,31)26-8-9-27(17(2)12-26)21-14-32-15-21/h3-7,10-11,17,21H,8-9,12-15,23H2,1-2H3,(H,25,29)/t17-/m1/s1. The van der Waals surface area contributed by atoms with E-state index in [0.717, 1.165) is 5.56 Å². The Morgan fingerprint density at radius 3 is 2.64 bits per heavy atom. The first-order chi connectivity index (χ1) is 15.8. The van der Waals surface area contributed by atoms with Gasteiger partial charge in [0.2, 0.25) is 0 Å². The van der Waals surface area contributed by atoms with E-state index in [4.69, 9.17) is 10.6 Å². The molecular formula is C22H30N6O4S. The molecule has 2 fully saturated rings. The van der Waals surface area contributed by atoms with Gasteiger partial charge in [0, 0.05) is 31.9 Å². The second-order valence-corrected chi connectivity index (χ2v) is 10.4. The van der Waals surface area contributed by atoms with Crippen molar-refractivity contribution < 1.29 is 17.9 Å². The van der Waals surface area contributed by atoms with E-state index in [1.165, 1.54) is 10.5 Å². The number of aryl methyl sites for hydroxylation is 1. The fourth-order valence-corrected chi connectivity index (χ4v) is 5.89. The summed E-state index contributed by atoms with van der Waals surface area (Å²) in [5, 5.41) is 0. The van der Waals surface area contributed by atoms with Gasteiger partial charge in [0.1, 0.15) is 0 Å². The number of ether oxygens (including phenoxy) is 1. The number of nitrogens with two attached hydrogens (primary N) is 1. The van der Waals surface area contributed by atoms with Crippen molar-refractivity contribution in [2.24, 2.45) is 5.84 Å². The Balaban J connectivity index is 1.59. The van der Waals surface area contributed by atoms with Crippen LogP contribution in [0.3, 0.4) is 0 Å². The number of carbonyl (C=O) groups is 1. The van der Waals surface area contributed by atoms with Gasteiger partial charge in [0.15, 0.2) is 0 Å². The molecule has 4 rings (SSSR count). The van der Waals surface area contributed by atoms with Gasteiger partial charge in [-0.3, -0.25) is 24.4 Å². The first-order valence-electron chi connectivity index (χ1n) is 10.9. The van der Waals surface area contributed by atoms with Crippen molar-refractivity contribution >= 4 is 21.8 Å². The van der Waals surface area contributed by atoms with Gasteiger partial charge in [0.05, 0.1) is 42.7 Å². The zero-order valence-electron chi connectivity index (χ0n) is 18.8. The fourth-order valence-electron chi connectivity index (χ4n) is 4.22. The molecule has 0 spiro atoms. The first-order valence-corrected chi connectivity index (χ1v) is 12.3. The molecule has 1 atom stereocenters. The van der Waals surface area contributed by atoms with Crippen LogP contribution in [0, 0.1) is 6.92 Å². The second-order valence-electron chi connectivity index (χ2n) is 8.50. The Morgan fingerprint density at radius 2 is 2.06 bits per heavy atom. The highest BCUT2D eigenvalue weighted by Gasteiger charge is 2.39. The predicted octanol–water partition coefficient (Wildman–Crippen LogP) is 0.650. The molecule has 178 valence electrons. The van der Waals surface area contributed by atoms with E-state index < -0.39 is 16.1 Å². The van der Waals surface area contributed by atoms with Gasteiger partial charge in [-0.15, -0.1) is 0 Å². The maximum absolute atomic E-state index is 13.8. The summed E-state index contributed by atoms with van der Waals surface area (Å²) in [6.45, 7) is 6.91. The highest BCUT2D eigenvalue weighted by molar-refractivity contribution is 7.90. The van der Waals surface area contributed by atoms with E-state index in [9.17, 15) is 13.2 Å². The Bertz CT molecular complexity index is 1090. The zero-order chi connectivity index (χ0) is 23.6. The molecule has 11 heteroatoms. The third-order valence-corrected chi connectivity index (χ3v) is 8.03. The average molecular weight is 475 g/mol. The quantitative estimate of drug-likeness (QED) is 0.343. The van der Waals surface area contributed by atoms with Gasteiger partial charge in [-0.1, -0.05) is 12.1 Å². The topological polar surface area (TPSA) is 121 Å². The molecular weight excluding hydrogens is 444 g/mol. The summed E-state index contributed by atoms with van der Waals surface area (Å²) >= 11 is 0. The van der Waals surface area contributed by atoms with Crippen molar-refractivity contribution in [2.75, 3.05) is 37.2 Å². The average Bonchev–Trinajstić information content (AvgIpc) is 2.77. The number of hydrogen-bond donors (Lipinski definition) is 2. The summed E-state index contributed by atoms with van der Waals surface area (Å²) in [7, 11) is -3.82. The molecule has 2 saturated heterocycles. The Labute approximate surface area is 194 Å². The summed E-state index contributed by atoms with van der Waals surface area (Å²) in [5.74, 6) is 4.72. The summed E-state index contributed by atoms with van der Waals surface area (Å²) < 4.78 is 35.9. The van der Waals surface area contributed by atoms with E-state index >= 15 is 0 Å². The molecule has 1 amide bonds. The van der Waals surface area contributed by atoms with Crippen LogP contribution in [0.1, 0.15) is 28.5 Å². The lowest BCUT2D eigenvalue weighted by Crippen LogP contribution is -2.62. The van der Waals surface area contributed by atoms with Crippen LogP contribution in [-0.2, 0) is 21.5 Å². The van der Waals surface area contributed by atoms with Crippen LogP contribution in [0.4, 0.5) is 5.69 Å². The lowest BCUT2D eigenvalue weighted by atomic mass is 10.1. The fraction of sp³-hybridized carbons (Fsp3) is 0.455. The van der Waals surface area contributed by atoms with Gasteiger partial charge >= 0.3 is 10.2 Å². The maximum Gasteiger partial charge on any atom is 0.304 e. The Kier molecular flexibility index (Phi) is 6.96. The monoisotopic (exact) mass is 474 g/mol. The minimum atomic E-state index is -3.82. The smallest absolute Gasteiger partial charge is 0.304 e. The predicted molar refractivity (Wildman–Crippen MR) is 125 cm³/mol. The number of nitrogens with zero attached hydrogens (tertiary/aromatic N) is 4. The third kappa shape index (κ3) is 5.02. The molecule has 0 aliphatic carbocycles. The van der Waals surface area contributed by atoms with Crippen LogP contribution in [0.15, 0.2) is 42.6 Å². The SMILES string of the molecule is Cc1cccc(N(Cc2ccc(C(=O)NN)cn2)S(=O)(=O)N2CCN(C3COC3)[C@H](C)C2)c1. The minimum Gasteiger partial charge on any atom is -0.378 e. The van der Waals surface area contributed by atoms with E-state index in [-0.39, 0.29) is 12.6 Å². The van der Waals surface area contributed by atoms with Crippen molar-refractivity contribution in [3.63, 3.8) is 0 Å². The van der Waals surface area contributed by atoms with E-state index in [0.29, 0.717) is 55.8 Å². The molecule has 0 radical (unpaired) electrons. The molecule has 0 bridgehead atoms. The number of rotatable bonds is 7. The summed E-state index contributed by atoms with van der Waals surface area (Å²) in [4.78, 5) is 18.3. The van der Waals surface area contributed by atoms with Gasteiger partial charge in [-0.2, -0.15) is 12.7 Å². The van der Waals surface area contributed by atoms with Gasteiger partial charge in [-0.25, -0.2) is 5.84 Å². The Morgan fingerprint density at radius 1 is 1.27 bits per heavy atom. The lowest BCUT2D eigenvalue weighted by Gasteiger charge is -2.46. The minimum absolute atomic E-state index is 0.0430. The molecule has 2 aliphatic heterocycles. The van der Waals surface area contributed by atoms with E-state index in [1.807, 2.05) is 25.1 Å². The lowest BCUT2D eigenvalue weighted by molar-refractivity contribution is -0.0873. The number of benzene rings is 1. The van der Waals surface area contributed by atoms with Crippen molar-refractivity contribution in [2.45, 2.75) is 32.5 Å². The van der Waals surface area contributed by atoms with Crippen LogP contribution in [0.2, 0.25) is 0 Å². The summed E-state index contributed by atoms with van der Waals surface area (Å²) in [6, 6.07) is 11.1. The van der Waals surface area contributed by atoms with Crippen LogP contribution in [0.25, 0.3) is 0 Å². The number of carbonyl (C=O) groups excluding carboxylic acids is 1. The zero-order valence-corrected chi connectivity index (χ0v) is 19.7. The number of anilines is 1. The number of hydrazine groups is 1. The van der Waals surface area contributed by atoms with Crippen LogP contribution < -0.4 is 15.6 Å². The highest BCUT2D eigenvalue weighted by Crippen LogP contribution is 2.27. The van der Waals surface area contributed by atoms with E-state index in [1.54, 1.807) is 22.5 Å². The molecule has 2 aliphatic rings. The molecule has 0 saturated carbocycles. The van der Waals surface area contributed by atoms with Crippen molar-refractivity contribution in [3.05, 3.63) is 59.4 Å². The number of aromatic nitrogens is 1. The number of piperazine rings is 1. The van der Waals surface area contributed by atoms with Crippen molar-refractivity contribution in [1.29, 1.82) is 0 Å². The van der Waals surface area contributed by atoms with Crippen LogP contribution in [0.5, 0.6) is 0 Å². The molecule has 2 aromatic rings. The van der Waals surface area contributed by atoms with Crippen molar-refractivity contribution in [3.8, 4) is 0 Å². The van der Waals surface area contributed by atoms with Gasteiger partial charge < -0.3 is 4.74 Å². The molecule has 3 N–H and O–H groups in total. The number of nitrogens with one attached hydrogen (secondary N) is 1. The van der Waals surface area contributed by atoms with Crippen LogP contribution in [-0.4, -0.2) is 73.4 Å². The number of amides is 1. The normalized spacial score (nSPS) is 20.3. The highest BCUT2D eigenvalue weighted by atomic mass is 32.2.